The molecule has 0 bridgehead atoms. The highest BCUT2D eigenvalue weighted by Gasteiger charge is 2.23. The highest BCUT2D eigenvalue weighted by Crippen LogP contribution is 2.29. The van der Waals surface area contributed by atoms with Crippen molar-refractivity contribution >= 4 is 40.1 Å². The van der Waals surface area contributed by atoms with Crippen LogP contribution in [-0.2, 0) is 24.2 Å². The van der Waals surface area contributed by atoms with E-state index in [-0.39, 0.29) is 23.1 Å². The summed E-state index contributed by atoms with van der Waals surface area (Å²) in [5.74, 6) is -0.180. The van der Waals surface area contributed by atoms with Crippen LogP contribution in [0.4, 0.5) is 5.69 Å². The molecule has 238 valence electrons. The smallest absolute Gasteiger partial charge is 0.287 e. The van der Waals surface area contributed by atoms with E-state index < -0.39 is 5.91 Å². The van der Waals surface area contributed by atoms with E-state index >= 15 is 0 Å². The third-order valence-electron chi connectivity index (χ3n) is 9.07. The van der Waals surface area contributed by atoms with Crippen molar-refractivity contribution in [2.75, 3.05) is 24.5 Å². The van der Waals surface area contributed by atoms with E-state index in [0.29, 0.717) is 35.4 Å². The molecule has 3 aromatic carbocycles. The second-order valence-corrected chi connectivity index (χ2v) is 12.7. The first-order valence-corrected chi connectivity index (χ1v) is 16.7. The summed E-state index contributed by atoms with van der Waals surface area (Å²) in [7, 11) is 0. The van der Waals surface area contributed by atoms with Gasteiger partial charge in [0.05, 0.1) is 11.4 Å². The predicted molar refractivity (Wildman–Crippen MR) is 184 cm³/mol. The largest absolute Gasteiger partial charge is 0.451 e. The molecule has 8 heteroatoms. The van der Waals surface area contributed by atoms with E-state index in [2.05, 4.69) is 34.5 Å². The molecule has 1 atom stereocenters. The molecule has 46 heavy (non-hydrogen) atoms. The molecule has 3 heterocycles. The van der Waals surface area contributed by atoms with Gasteiger partial charge in [0.2, 0.25) is 5.91 Å². The summed E-state index contributed by atoms with van der Waals surface area (Å²) in [6, 6.07) is 22.5. The third-order valence-corrected chi connectivity index (χ3v) is 9.32. The molecule has 2 saturated heterocycles. The van der Waals surface area contributed by atoms with Gasteiger partial charge in [0, 0.05) is 49.4 Å². The Morgan fingerprint density at radius 2 is 1.70 bits per heavy atom. The summed E-state index contributed by atoms with van der Waals surface area (Å²) in [4.78, 5) is 43.3. The highest BCUT2D eigenvalue weighted by atomic mass is 35.5. The minimum atomic E-state index is -0.423. The predicted octanol–water partition coefficient (Wildman–Crippen LogP) is 7.09. The Kier molecular flexibility index (Phi) is 9.88. The lowest BCUT2D eigenvalue weighted by Crippen LogP contribution is -2.37. The number of para-hydroxylation sites is 1. The number of nitrogens with zero attached hydrogens (tertiary/aromatic N) is 2. The molecule has 2 fully saturated rings. The summed E-state index contributed by atoms with van der Waals surface area (Å²) in [6.07, 6.45) is 7.93. The van der Waals surface area contributed by atoms with Crippen LogP contribution in [0.5, 0.6) is 0 Å². The maximum atomic E-state index is 13.5. The zero-order valence-corrected chi connectivity index (χ0v) is 27.0. The molecule has 0 spiro atoms. The number of amides is 2. The Bertz CT molecular complexity index is 1800. The van der Waals surface area contributed by atoms with Crippen LogP contribution in [0.25, 0.3) is 11.0 Å². The van der Waals surface area contributed by atoms with Crippen LogP contribution in [0, 0.1) is 0 Å². The standard InChI is InChI=1S/C38H40ClN3O4/c1-2-26-12-15-35-32(23-26)34(43)24-36(46-35)38(45)40-31(21-27-10-13-30(39)14-11-27)22-28-16-19-41(20-17-28)33-8-4-3-7-29(33)25-42-18-6-5-9-37(42)44/h3-4,7-8,10-15,22-24,31H,2,5-6,9,16-21,25H2,1H3,(H,40,45). The van der Waals surface area contributed by atoms with Crippen molar-refractivity contribution in [1.29, 1.82) is 0 Å². The quantitative estimate of drug-likeness (QED) is 0.198. The number of hydrogen-bond acceptors (Lipinski definition) is 5. The van der Waals surface area contributed by atoms with E-state index in [0.717, 1.165) is 62.9 Å². The lowest BCUT2D eigenvalue weighted by atomic mass is 9.97. The lowest BCUT2D eigenvalue weighted by molar-refractivity contribution is -0.133. The first kappa shape index (κ1) is 31.6. The molecular weight excluding hydrogens is 598 g/mol. The molecule has 1 aromatic heterocycles. The van der Waals surface area contributed by atoms with Gasteiger partial charge < -0.3 is 19.5 Å². The van der Waals surface area contributed by atoms with Crippen molar-refractivity contribution in [2.45, 2.75) is 64.5 Å². The van der Waals surface area contributed by atoms with E-state index in [9.17, 15) is 14.4 Å². The number of hydrogen-bond donors (Lipinski definition) is 1. The Labute approximate surface area is 274 Å². The normalized spacial score (nSPS) is 16.0. The molecule has 2 amide bonds. The SMILES string of the molecule is CCc1ccc2oc(C(=O)NC(C=C3CCN(c4ccccc4CN4CCCCC4=O)CC3)Cc3ccc(Cl)cc3)cc(=O)c2c1. The van der Waals surface area contributed by atoms with Crippen LogP contribution in [0.1, 0.15) is 66.3 Å². The van der Waals surface area contributed by atoms with Crippen LogP contribution in [-0.4, -0.2) is 42.4 Å². The van der Waals surface area contributed by atoms with Crippen LogP contribution in [0.3, 0.4) is 0 Å². The molecule has 6 rings (SSSR count). The van der Waals surface area contributed by atoms with Crippen molar-refractivity contribution in [3.8, 4) is 0 Å². The number of fused-ring (bicyclic) bond motifs is 1. The zero-order chi connectivity index (χ0) is 32.0. The van der Waals surface area contributed by atoms with Gasteiger partial charge in [-0.3, -0.25) is 14.4 Å². The molecule has 0 radical (unpaired) electrons. The maximum absolute atomic E-state index is 13.5. The highest BCUT2D eigenvalue weighted by molar-refractivity contribution is 6.30. The van der Waals surface area contributed by atoms with Gasteiger partial charge in [0.25, 0.3) is 5.91 Å². The minimum Gasteiger partial charge on any atom is -0.451 e. The maximum Gasteiger partial charge on any atom is 0.287 e. The number of rotatable bonds is 9. The van der Waals surface area contributed by atoms with Crippen molar-refractivity contribution in [1.82, 2.24) is 10.2 Å². The Hall–Kier alpha value is -4.36. The second-order valence-electron chi connectivity index (χ2n) is 12.3. The Balaban J connectivity index is 1.18. The second kappa shape index (κ2) is 14.4. The number of piperidine rings is 2. The first-order chi connectivity index (χ1) is 22.4. The average molecular weight is 638 g/mol. The number of halogens is 1. The molecule has 7 nitrogen and oxygen atoms in total. The van der Waals surface area contributed by atoms with E-state index in [1.165, 1.54) is 22.9 Å². The van der Waals surface area contributed by atoms with Crippen molar-refractivity contribution in [3.05, 3.63) is 122 Å². The number of nitrogens with one attached hydrogen (secondary N) is 1. The van der Waals surface area contributed by atoms with Gasteiger partial charge in [-0.15, -0.1) is 0 Å². The van der Waals surface area contributed by atoms with Gasteiger partial charge in [-0.25, -0.2) is 0 Å². The van der Waals surface area contributed by atoms with E-state index in [1.54, 1.807) is 6.07 Å². The van der Waals surface area contributed by atoms with Gasteiger partial charge in [0.15, 0.2) is 11.2 Å². The molecule has 4 aromatic rings. The van der Waals surface area contributed by atoms with Gasteiger partial charge in [0.1, 0.15) is 5.58 Å². The fraction of sp³-hybridized carbons (Fsp3) is 0.342. The molecule has 0 saturated carbocycles. The topological polar surface area (TPSA) is 82.9 Å². The van der Waals surface area contributed by atoms with Gasteiger partial charge in [-0.1, -0.05) is 66.6 Å². The van der Waals surface area contributed by atoms with E-state index in [1.807, 2.05) is 54.3 Å². The summed E-state index contributed by atoms with van der Waals surface area (Å²) in [5, 5.41) is 4.26. The third kappa shape index (κ3) is 7.53. The minimum absolute atomic E-state index is 0.000122. The van der Waals surface area contributed by atoms with Crippen molar-refractivity contribution in [3.63, 3.8) is 0 Å². The number of carbonyl (C=O) groups excluding carboxylic acids is 2. The number of aryl methyl sites for hydroxylation is 1. The van der Waals surface area contributed by atoms with Crippen molar-refractivity contribution in [2.24, 2.45) is 0 Å². The summed E-state index contributed by atoms with van der Waals surface area (Å²) < 4.78 is 5.91. The fourth-order valence-electron chi connectivity index (χ4n) is 6.47. The van der Waals surface area contributed by atoms with E-state index in [4.69, 9.17) is 16.0 Å². The lowest BCUT2D eigenvalue weighted by Gasteiger charge is -2.34. The number of anilines is 1. The fourth-order valence-corrected chi connectivity index (χ4v) is 6.60. The first-order valence-electron chi connectivity index (χ1n) is 16.3. The van der Waals surface area contributed by atoms with Crippen molar-refractivity contribution < 1.29 is 14.0 Å². The molecule has 2 aliphatic heterocycles. The number of likely N-dealkylation sites (tertiary alicyclic amines) is 1. The Morgan fingerprint density at radius 3 is 2.46 bits per heavy atom. The number of carbonyl (C=O) groups is 2. The summed E-state index contributed by atoms with van der Waals surface area (Å²) in [5.41, 5.74) is 5.89. The molecule has 1 unspecified atom stereocenters. The summed E-state index contributed by atoms with van der Waals surface area (Å²) in [6.45, 7) is 5.19. The molecule has 1 N–H and O–H groups in total. The Morgan fingerprint density at radius 1 is 0.935 bits per heavy atom. The molecule has 2 aliphatic rings. The van der Waals surface area contributed by atoms with Crippen LogP contribution in [0.2, 0.25) is 5.02 Å². The van der Waals surface area contributed by atoms with Crippen LogP contribution in [0.15, 0.2) is 93.7 Å². The monoisotopic (exact) mass is 637 g/mol. The zero-order valence-electron chi connectivity index (χ0n) is 26.3. The molecular formula is C38H40ClN3O4. The van der Waals surface area contributed by atoms with Crippen LogP contribution >= 0.6 is 11.6 Å². The van der Waals surface area contributed by atoms with Gasteiger partial charge >= 0.3 is 0 Å². The number of benzene rings is 3. The summed E-state index contributed by atoms with van der Waals surface area (Å²) >= 11 is 6.14. The van der Waals surface area contributed by atoms with Crippen LogP contribution < -0.4 is 15.6 Å². The average Bonchev–Trinajstić information content (AvgIpc) is 3.07. The van der Waals surface area contributed by atoms with Gasteiger partial charge in [-0.05, 0) is 85.5 Å². The van der Waals surface area contributed by atoms with Gasteiger partial charge in [-0.2, -0.15) is 0 Å². The molecule has 0 aliphatic carbocycles.